The minimum absolute atomic E-state index is 0.115. The van der Waals surface area contributed by atoms with Gasteiger partial charge in [-0.15, -0.1) is 0 Å². The van der Waals surface area contributed by atoms with Crippen molar-refractivity contribution in [2.75, 3.05) is 19.6 Å². The SMILES string of the molecule is CC1CN(CCCn2c3ccc(O)cc3c3c4c(c(-c5ccccc5Cl)cc32)C(=O)NC4=O)CC(C)N1. The van der Waals surface area contributed by atoms with Crippen molar-refractivity contribution in [3.8, 4) is 16.9 Å². The molecule has 1 fully saturated rings. The first kappa shape index (κ1) is 24.0. The van der Waals surface area contributed by atoms with E-state index in [1.807, 2.05) is 30.3 Å². The summed E-state index contributed by atoms with van der Waals surface area (Å²) in [5, 5.41) is 18.3. The van der Waals surface area contributed by atoms with E-state index in [1.54, 1.807) is 18.2 Å². The van der Waals surface area contributed by atoms with Gasteiger partial charge in [-0.2, -0.15) is 0 Å². The Morgan fingerprint density at radius 2 is 1.65 bits per heavy atom. The van der Waals surface area contributed by atoms with E-state index in [0.717, 1.165) is 49.0 Å². The second-order valence-electron chi connectivity index (χ2n) is 10.3. The van der Waals surface area contributed by atoms with E-state index in [9.17, 15) is 14.7 Å². The number of amides is 2. The summed E-state index contributed by atoms with van der Waals surface area (Å²) in [6, 6.07) is 15.5. The zero-order valence-electron chi connectivity index (χ0n) is 20.8. The molecule has 4 aromatic rings. The molecule has 7 nitrogen and oxygen atoms in total. The van der Waals surface area contributed by atoms with Crippen molar-refractivity contribution in [3.05, 3.63) is 64.7 Å². The van der Waals surface area contributed by atoms with Crippen LogP contribution in [0.5, 0.6) is 5.75 Å². The van der Waals surface area contributed by atoms with Gasteiger partial charge in [0.05, 0.1) is 16.6 Å². The molecular formula is C29H29ClN4O3. The summed E-state index contributed by atoms with van der Waals surface area (Å²) in [6.07, 6.45) is 0.919. The average Bonchev–Trinajstić information content (AvgIpc) is 3.31. The zero-order valence-corrected chi connectivity index (χ0v) is 21.6. The summed E-state index contributed by atoms with van der Waals surface area (Å²) in [5.41, 5.74) is 3.78. The molecule has 2 unspecified atom stereocenters. The highest BCUT2D eigenvalue weighted by Crippen LogP contribution is 2.42. The molecule has 0 bridgehead atoms. The van der Waals surface area contributed by atoms with Crippen molar-refractivity contribution >= 4 is 45.2 Å². The largest absolute Gasteiger partial charge is 0.508 e. The normalized spacial score (nSPS) is 20.1. The van der Waals surface area contributed by atoms with Gasteiger partial charge < -0.3 is 19.9 Å². The van der Waals surface area contributed by atoms with E-state index in [1.165, 1.54) is 0 Å². The van der Waals surface area contributed by atoms with Gasteiger partial charge >= 0.3 is 0 Å². The first-order valence-electron chi connectivity index (χ1n) is 12.7. The number of phenols is 1. The molecular weight excluding hydrogens is 488 g/mol. The number of aromatic nitrogens is 1. The smallest absolute Gasteiger partial charge is 0.259 e. The lowest BCUT2D eigenvalue weighted by atomic mass is 9.93. The van der Waals surface area contributed by atoms with Crippen molar-refractivity contribution in [1.29, 1.82) is 0 Å². The number of carbonyl (C=O) groups excluding carboxylic acids is 2. The third kappa shape index (κ3) is 4.07. The van der Waals surface area contributed by atoms with Crippen LogP contribution in [0.1, 0.15) is 41.0 Å². The number of aryl methyl sites for hydroxylation is 1. The number of imide groups is 1. The maximum absolute atomic E-state index is 13.1. The number of rotatable bonds is 5. The first-order valence-corrected chi connectivity index (χ1v) is 13.1. The minimum atomic E-state index is -0.431. The summed E-state index contributed by atoms with van der Waals surface area (Å²) in [7, 11) is 0. The highest BCUT2D eigenvalue weighted by molar-refractivity contribution is 6.36. The van der Waals surface area contributed by atoms with Gasteiger partial charge in [0.25, 0.3) is 11.8 Å². The molecule has 0 saturated carbocycles. The number of halogens is 1. The van der Waals surface area contributed by atoms with E-state index in [2.05, 4.69) is 33.9 Å². The first-order chi connectivity index (χ1) is 17.8. The molecule has 190 valence electrons. The van der Waals surface area contributed by atoms with Gasteiger partial charge in [-0.25, -0.2) is 0 Å². The fourth-order valence-corrected chi connectivity index (χ4v) is 6.38. The number of hydrogen-bond acceptors (Lipinski definition) is 5. The van der Waals surface area contributed by atoms with Gasteiger partial charge in [-0.3, -0.25) is 14.9 Å². The third-order valence-corrected chi connectivity index (χ3v) is 7.80. The van der Waals surface area contributed by atoms with E-state index >= 15 is 0 Å². The molecule has 37 heavy (non-hydrogen) atoms. The minimum Gasteiger partial charge on any atom is -0.508 e. The van der Waals surface area contributed by atoms with E-state index in [-0.39, 0.29) is 5.75 Å². The van der Waals surface area contributed by atoms with Crippen LogP contribution in [0, 0.1) is 0 Å². The zero-order chi connectivity index (χ0) is 25.8. The fraction of sp³-hybridized carbons (Fsp3) is 0.310. The molecule has 0 spiro atoms. The number of carbonyl (C=O) groups is 2. The molecule has 0 radical (unpaired) electrons. The predicted octanol–water partition coefficient (Wildman–Crippen LogP) is 4.78. The number of hydrogen-bond donors (Lipinski definition) is 3. The Kier molecular flexibility index (Phi) is 5.94. The van der Waals surface area contributed by atoms with Gasteiger partial charge in [-0.05, 0) is 62.7 Å². The van der Waals surface area contributed by atoms with Crippen molar-refractivity contribution in [2.45, 2.75) is 38.9 Å². The molecule has 1 aromatic heterocycles. The lowest BCUT2D eigenvalue weighted by Gasteiger charge is -2.36. The van der Waals surface area contributed by atoms with Crippen LogP contribution >= 0.6 is 11.6 Å². The molecule has 3 aromatic carbocycles. The van der Waals surface area contributed by atoms with E-state index < -0.39 is 11.8 Å². The van der Waals surface area contributed by atoms with Gasteiger partial charge in [0.15, 0.2) is 0 Å². The van der Waals surface area contributed by atoms with Crippen LogP contribution in [0.25, 0.3) is 32.9 Å². The van der Waals surface area contributed by atoms with Crippen molar-refractivity contribution in [3.63, 3.8) is 0 Å². The maximum atomic E-state index is 13.1. The molecule has 8 heteroatoms. The van der Waals surface area contributed by atoms with E-state index in [0.29, 0.717) is 44.7 Å². The van der Waals surface area contributed by atoms with Crippen LogP contribution in [0.15, 0.2) is 48.5 Å². The number of benzene rings is 3. The van der Waals surface area contributed by atoms with Crippen LogP contribution in [-0.4, -0.2) is 58.1 Å². The quantitative estimate of drug-likeness (QED) is 0.332. The Hall–Kier alpha value is -3.39. The summed E-state index contributed by atoms with van der Waals surface area (Å²) in [4.78, 5) is 28.6. The molecule has 2 amide bonds. The lowest BCUT2D eigenvalue weighted by molar-refractivity contribution is 0.0880. The second-order valence-corrected chi connectivity index (χ2v) is 10.7. The molecule has 0 aliphatic carbocycles. The van der Waals surface area contributed by atoms with Crippen molar-refractivity contribution in [1.82, 2.24) is 20.1 Å². The Morgan fingerprint density at radius 1 is 0.919 bits per heavy atom. The van der Waals surface area contributed by atoms with Gasteiger partial charge in [-0.1, -0.05) is 29.8 Å². The number of piperazine rings is 1. The number of phenolic OH excluding ortho intramolecular Hbond substituents is 1. The number of nitrogens with one attached hydrogen (secondary N) is 2. The molecule has 2 aliphatic heterocycles. The van der Waals surface area contributed by atoms with Crippen LogP contribution in [0.2, 0.25) is 5.02 Å². The van der Waals surface area contributed by atoms with Gasteiger partial charge in [0, 0.05) is 58.6 Å². The van der Waals surface area contributed by atoms with E-state index in [4.69, 9.17) is 11.6 Å². The van der Waals surface area contributed by atoms with Crippen LogP contribution in [0.3, 0.4) is 0 Å². The fourth-order valence-electron chi connectivity index (χ4n) is 6.14. The molecule has 3 N–H and O–H groups in total. The average molecular weight is 517 g/mol. The molecule has 3 heterocycles. The molecule has 2 aliphatic rings. The summed E-state index contributed by atoms with van der Waals surface area (Å²) >= 11 is 6.56. The second kappa shape index (κ2) is 9.17. The summed E-state index contributed by atoms with van der Waals surface area (Å²) in [5.74, 6) is -0.742. The summed E-state index contributed by atoms with van der Waals surface area (Å²) in [6.45, 7) is 8.14. The van der Waals surface area contributed by atoms with Crippen LogP contribution < -0.4 is 10.6 Å². The molecule has 2 atom stereocenters. The summed E-state index contributed by atoms with van der Waals surface area (Å²) < 4.78 is 2.20. The molecule has 6 rings (SSSR count). The van der Waals surface area contributed by atoms with Crippen molar-refractivity contribution in [2.24, 2.45) is 0 Å². The Labute approximate surface area is 220 Å². The number of aromatic hydroxyl groups is 1. The number of nitrogens with zero attached hydrogens (tertiary/aromatic N) is 2. The Morgan fingerprint density at radius 3 is 2.41 bits per heavy atom. The standard InChI is InChI=1S/C29H29ClN4O3/c1-16-14-33(15-17(2)31-16)10-5-11-34-23-9-8-18(35)12-21(23)25-24(34)13-20(19-6-3-4-7-22(19)30)26-27(25)29(37)32-28(26)36/h3-4,6-9,12-13,16-17,31,35H,5,10-11,14-15H2,1-2H3,(H,32,36,37). The monoisotopic (exact) mass is 516 g/mol. The highest BCUT2D eigenvalue weighted by Gasteiger charge is 2.35. The molecule has 1 saturated heterocycles. The lowest BCUT2D eigenvalue weighted by Crippen LogP contribution is -2.54. The van der Waals surface area contributed by atoms with Gasteiger partial charge in [0.2, 0.25) is 0 Å². The Balaban J connectivity index is 1.52. The van der Waals surface area contributed by atoms with Crippen LogP contribution in [-0.2, 0) is 6.54 Å². The predicted molar refractivity (Wildman–Crippen MR) is 146 cm³/mol. The Bertz CT molecular complexity index is 1570. The van der Waals surface area contributed by atoms with Crippen molar-refractivity contribution < 1.29 is 14.7 Å². The third-order valence-electron chi connectivity index (χ3n) is 7.47. The maximum Gasteiger partial charge on any atom is 0.259 e. The number of fused-ring (bicyclic) bond motifs is 5. The topological polar surface area (TPSA) is 86.6 Å². The highest BCUT2D eigenvalue weighted by atomic mass is 35.5. The van der Waals surface area contributed by atoms with Gasteiger partial charge in [0.1, 0.15) is 5.75 Å². The van der Waals surface area contributed by atoms with Crippen LogP contribution in [0.4, 0.5) is 0 Å².